The summed E-state index contributed by atoms with van der Waals surface area (Å²) in [5.41, 5.74) is 2.91. The van der Waals surface area contributed by atoms with Gasteiger partial charge >= 0.3 is 0 Å². The molecular formula is C21H23NO3S2. The van der Waals surface area contributed by atoms with Crippen LogP contribution in [0.1, 0.15) is 22.1 Å². The van der Waals surface area contributed by atoms with E-state index < -0.39 is 0 Å². The average molecular weight is 402 g/mol. The predicted molar refractivity (Wildman–Crippen MR) is 116 cm³/mol. The molecule has 27 heavy (non-hydrogen) atoms. The molecule has 1 N–H and O–H groups in total. The van der Waals surface area contributed by atoms with E-state index in [1.807, 2.05) is 47.8 Å². The number of nitrogens with one attached hydrogen (secondary N) is 1. The van der Waals surface area contributed by atoms with Crippen LogP contribution in [0, 0.1) is 0 Å². The summed E-state index contributed by atoms with van der Waals surface area (Å²) in [4.78, 5) is 12.3. The topological polar surface area (TPSA) is 47.6 Å². The highest BCUT2D eigenvalue weighted by atomic mass is 32.2. The zero-order chi connectivity index (χ0) is 19.1. The summed E-state index contributed by atoms with van der Waals surface area (Å²) in [6.45, 7) is 0. The second kappa shape index (κ2) is 9.76. The van der Waals surface area contributed by atoms with Crippen LogP contribution in [0.5, 0.6) is 11.5 Å². The minimum Gasteiger partial charge on any atom is -0.497 e. The Hall–Kier alpha value is -2.05. The lowest BCUT2D eigenvalue weighted by atomic mass is 10.2. The van der Waals surface area contributed by atoms with Crippen molar-refractivity contribution in [2.45, 2.75) is 11.0 Å². The molecule has 6 heteroatoms. The Morgan fingerprint density at radius 2 is 1.78 bits per heavy atom. The Balaban J connectivity index is 1.66. The van der Waals surface area contributed by atoms with Crippen LogP contribution in [0.3, 0.4) is 0 Å². The molecule has 1 saturated heterocycles. The van der Waals surface area contributed by atoms with Crippen LogP contribution in [-0.4, -0.2) is 31.6 Å². The number of hydrogen-bond donors (Lipinski definition) is 1. The number of hydrogen-bond acceptors (Lipinski definition) is 5. The lowest BCUT2D eigenvalue weighted by Crippen LogP contribution is -2.08. The molecule has 0 aliphatic carbocycles. The van der Waals surface area contributed by atoms with E-state index in [-0.39, 0.29) is 5.91 Å². The Kier molecular flexibility index (Phi) is 7.12. The number of benzene rings is 2. The van der Waals surface area contributed by atoms with Crippen molar-refractivity contribution in [3.63, 3.8) is 0 Å². The van der Waals surface area contributed by atoms with Gasteiger partial charge in [0.2, 0.25) is 5.91 Å². The first-order valence-electron chi connectivity index (χ1n) is 8.73. The van der Waals surface area contributed by atoms with Crippen molar-refractivity contribution in [1.82, 2.24) is 0 Å². The molecule has 0 bridgehead atoms. The number of anilines is 1. The molecule has 2 aromatic rings. The van der Waals surface area contributed by atoms with Crippen LogP contribution in [0.4, 0.5) is 5.69 Å². The highest BCUT2D eigenvalue weighted by Crippen LogP contribution is 2.44. The van der Waals surface area contributed by atoms with E-state index in [0.29, 0.717) is 16.1 Å². The third-order valence-corrected chi connectivity index (χ3v) is 7.07. The van der Waals surface area contributed by atoms with Crippen molar-refractivity contribution in [3.05, 3.63) is 59.7 Å². The number of thioether (sulfide) groups is 2. The summed E-state index contributed by atoms with van der Waals surface area (Å²) in [6, 6.07) is 13.6. The van der Waals surface area contributed by atoms with E-state index in [1.165, 1.54) is 29.6 Å². The predicted octanol–water partition coefficient (Wildman–Crippen LogP) is 5.22. The van der Waals surface area contributed by atoms with Crippen molar-refractivity contribution in [2.75, 3.05) is 31.0 Å². The normalized spacial score (nSPS) is 14.9. The van der Waals surface area contributed by atoms with E-state index >= 15 is 0 Å². The summed E-state index contributed by atoms with van der Waals surface area (Å²) in [7, 11) is 3.20. The summed E-state index contributed by atoms with van der Waals surface area (Å²) < 4.78 is 11.0. The number of carbonyl (C=O) groups excluding carboxylic acids is 1. The van der Waals surface area contributed by atoms with E-state index in [4.69, 9.17) is 9.47 Å². The van der Waals surface area contributed by atoms with Crippen molar-refractivity contribution >= 4 is 41.2 Å². The number of rotatable bonds is 6. The standard InChI is InChI=1S/C21H23NO3S2/c1-24-18-11-15(12-19(14-18)25-2)7-8-20(23)22-17-6-3-5-16(13-17)21-26-9-4-10-27-21/h3,5-8,11-14,21H,4,9-10H2,1-2H3,(H,22,23)/b8-7+. The van der Waals surface area contributed by atoms with Gasteiger partial charge in [0.15, 0.2) is 0 Å². The molecule has 0 saturated carbocycles. The van der Waals surface area contributed by atoms with E-state index in [1.54, 1.807) is 26.4 Å². The van der Waals surface area contributed by atoms with Gasteiger partial charge < -0.3 is 14.8 Å². The Labute approximate surface area is 168 Å². The first-order chi connectivity index (χ1) is 13.2. The summed E-state index contributed by atoms with van der Waals surface area (Å²) >= 11 is 3.94. The fourth-order valence-electron chi connectivity index (χ4n) is 2.72. The van der Waals surface area contributed by atoms with Crippen LogP contribution in [0.2, 0.25) is 0 Å². The second-order valence-electron chi connectivity index (χ2n) is 6.02. The first-order valence-corrected chi connectivity index (χ1v) is 10.8. The van der Waals surface area contributed by atoms with Gasteiger partial charge in [0.05, 0.1) is 18.8 Å². The number of carbonyl (C=O) groups is 1. The molecule has 142 valence electrons. The van der Waals surface area contributed by atoms with E-state index in [0.717, 1.165) is 11.3 Å². The molecule has 0 atom stereocenters. The minimum atomic E-state index is -0.169. The maximum atomic E-state index is 12.3. The third kappa shape index (κ3) is 5.71. The monoisotopic (exact) mass is 401 g/mol. The molecule has 1 fully saturated rings. The fourth-order valence-corrected chi connectivity index (χ4v) is 5.60. The molecule has 0 radical (unpaired) electrons. The first kappa shape index (κ1) is 19.7. The van der Waals surface area contributed by atoms with Crippen molar-refractivity contribution in [3.8, 4) is 11.5 Å². The van der Waals surface area contributed by atoms with Crippen LogP contribution < -0.4 is 14.8 Å². The lowest BCUT2D eigenvalue weighted by molar-refractivity contribution is -0.111. The maximum Gasteiger partial charge on any atom is 0.248 e. The minimum absolute atomic E-state index is 0.169. The molecule has 2 aromatic carbocycles. The van der Waals surface area contributed by atoms with Crippen LogP contribution >= 0.6 is 23.5 Å². The summed E-state index contributed by atoms with van der Waals surface area (Å²) in [5.74, 6) is 3.59. The largest absolute Gasteiger partial charge is 0.497 e. The molecule has 3 rings (SSSR count). The second-order valence-corrected chi connectivity index (χ2v) is 8.75. The SMILES string of the molecule is COc1cc(/C=C/C(=O)Nc2cccc(C3SCCCS3)c2)cc(OC)c1. The lowest BCUT2D eigenvalue weighted by Gasteiger charge is -2.21. The highest BCUT2D eigenvalue weighted by Gasteiger charge is 2.16. The molecule has 1 heterocycles. The van der Waals surface area contributed by atoms with E-state index in [9.17, 15) is 4.79 Å². The van der Waals surface area contributed by atoms with Crippen molar-refractivity contribution in [1.29, 1.82) is 0 Å². The van der Waals surface area contributed by atoms with Crippen LogP contribution in [0.15, 0.2) is 48.5 Å². The number of ether oxygens (including phenoxy) is 2. The Morgan fingerprint density at radius 1 is 1.07 bits per heavy atom. The maximum absolute atomic E-state index is 12.3. The molecule has 0 spiro atoms. The molecule has 4 nitrogen and oxygen atoms in total. The smallest absolute Gasteiger partial charge is 0.248 e. The average Bonchev–Trinajstić information content (AvgIpc) is 2.72. The van der Waals surface area contributed by atoms with Gasteiger partial charge in [-0.15, -0.1) is 23.5 Å². The van der Waals surface area contributed by atoms with Gasteiger partial charge in [-0.25, -0.2) is 0 Å². The van der Waals surface area contributed by atoms with E-state index in [2.05, 4.69) is 17.4 Å². The van der Waals surface area contributed by atoms with Gasteiger partial charge in [-0.05, 0) is 59.4 Å². The quantitative estimate of drug-likeness (QED) is 0.672. The zero-order valence-electron chi connectivity index (χ0n) is 15.4. The summed E-state index contributed by atoms with van der Waals surface area (Å²) in [6.07, 6.45) is 4.53. The van der Waals surface area contributed by atoms with Gasteiger partial charge in [-0.2, -0.15) is 0 Å². The number of amides is 1. The molecular weight excluding hydrogens is 378 g/mol. The number of methoxy groups -OCH3 is 2. The van der Waals surface area contributed by atoms with Gasteiger partial charge in [-0.3, -0.25) is 4.79 Å². The van der Waals surface area contributed by atoms with Gasteiger partial charge in [0, 0.05) is 17.8 Å². The highest BCUT2D eigenvalue weighted by molar-refractivity contribution is 8.16. The Bertz CT molecular complexity index is 795. The van der Waals surface area contributed by atoms with Crippen molar-refractivity contribution in [2.24, 2.45) is 0 Å². The Morgan fingerprint density at radius 3 is 2.44 bits per heavy atom. The molecule has 1 amide bonds. The molecule has 1 aliphatic rings. The van der Waals surface area contributed by atoms with Gasteiger partial charge in [0.25, 0.3) is 0 Å². The van der Waals surface area contributed by atoms with Crippen LogP contribution in [-0.2, 0) is 4.79 Å². The zero-order valence-corrected chi connectivity index (χ0v) is 17.1. The van der Waals surface area contributed by atoms with Gasteiger partial charge in [-0.1, -0.05) is 12.1 Å². The van der Waals surface area contributed by atoms with Gasteiger partial charge in [0.1, 0.15) is 11.5 Å². The third-order valence-electron chi connectivity index (χ3n) is 4.05. The fraction of sp³-hybridized carbons (Fsp3) is 0.286. The van der Waals surface area contributed by atoms with Crippen LogP contribution in [0.25, 0.3) is 6.08 Å². The molecule has 0 unspecified atom stereocenters. The molecule has 1 aliphatic heterocycles. The summed E-state index contributed by atoms with van der Waals surface area (Å²) in [5, 5.41) is 2.94. The molecule has 0 aromatic heterocycles. The van der Waals surface area contributed by atoms with Crippen molar-refractivity contribution < 1.29 is 14.3 Å².